The van der Waals surface area contributed by atoms with Gasteiger partial charge in [-0.25, -0.2) is 8.42 Å². The minimum atomic E-state index is -5.09. The van der Waals surface area contributed by atoms with Crippen LogP contribution in [0.1, 0.15) is 16.7 Å². The monoisotopic (exact) mass is 405 g/mol. The van der Waals surface area contributed by atoms with Crippen molar-refractivity contribution in [3.8, 4) is 6.07 Å². The van der Waals surface area contributed by atoms with E-state index in [1.54, 1.807) is 0 Å². The van der Waals surface area contributed by atoms with Crippen LogP contribution in [-0.4, -0.2) is 8.42 Å². The van der Waals surface area contributed by atoms with Crippen LogP contribution in [0.2, 0.25) is 0 Å². The number of hydrogen-bond donors (Lipinski definition) is 0. The maximum absolute atomic E-state index is 12.9. The first-order valence-corrected chi connectivity index (χ1v) is 8.55. The fourth-order valence-corrected chi connectivity index (χ4v) is 3.29. The van der Waals surface area contributed by atoms with E-state index >= 15 is 0 Å². The first-order chi connectivity index (χ1) is 12.4. The van der Waals surface area contributed by atoms with Crippen LogP contribution in [0, 0.1) is 11.3 Å². The Labute approximate surface area is 150 Å². The minimum absolute atomic E-state index is 0.0882. The second-order valence-corrected chi connectivity index (χ2v) is 7.19. The Morgan fingerprint density at radius 3 is 1.78 bits per heavy atom. The van der Waals surface area contributed by atoms with Gasteiger partial charge >= 0.3 is 12.4 Å². The molecule has 2 aromatic rings. The summed E-state index contributed by atoms with van der Waals surface area (Å²) < 4.78 is 102. The molecule has 0 saturated heterocycles. The molecule has 0 amide bonds. The van der Waals surface area contributed by atoms with E-state index in [9.17, 15) is 34.8 Å². The van der Waals surface area contributed by atoms with E-state index in [1.165, 1.54) is 24.3 Å². The molecule has 0 spiro atoms. The number of alkyl halides is 6. The van der Waals surface area contributed by atoms with Gasteiger partial charge in [0.15, 0.2) is 0 Å². The van der Waals surface area contributed by atoms with E-state index in [2.05, 4.69) is 0 Å². The summed E-state index contributed by atoms with van der Waals surface area (Å²) in [7, 11) is -4.41. The molecule has 0 aliphatic carbocycles. The quantitative estimate of drug-likeness (QED) is 0.530. The average Bonchev–Trinajstić information content (AvgIpc) is 2.58. The number of sulfone groups is 1. The molecule has 0 saturated carbocycles. The lowest BCUT2D eigenvalue weighted by Crippen LogP contribution is -2.11. The topological polar surface area (TPSA) is 57.9 Å². The van der Waals surface area contributed by atoms with Crippen molar-refractivity contribution in [3.63, 3.8) is 0 Å². The molecule has 0 aliphatic heterocycles. The standard InChI is InChI=1S/C17H9F6NO2S/c18-16(19,20)12-6-11(7-13(9-12)17(21,22)23)8-15(10-24)27(25,26)14-4-2-1-3-5-14/h1-9H/b15-8+. The average molecular weight is 405 g/mol. The van der Waals surface area contributed by atoms with Crippen molar-refractivity contribution in [2.45, 2.75) is 17.2 Å². The Bertz CT molecular complexity index is 984. The van der Waals surface area contributed by atoms with Gasteiger partial charge in [0, 0.05) is 0 Å². The van der Waals surface area contributed by atoms with Gasteiger partial charge in [0.05, 0.1) is 16.0 Å². The third-order valence-corrected chi connectivity index (χ3v) is 5.04. The van der Waals surface area contributed by atoms with Crippen LogP contribution in [0.5, 0.6) is 0 Å². The van der Waals surface area contributed by atoms with E-state index in [4.69, 9.17) is 5.26 Å². The fourth-order valence-electron chi connectivity index (χ4n) is 2.11. The zero-order chi connectivity index (χ0) is 20.5. The van der Waals surface area contributed by atoms with Gasteiger partial charge in [-0.3, -0.25) is 0 Å². The molecule has 0 aromatic heterocycles. The van der Waals surface area contributed by atoms with Crippen LogP contribution in [0.4, 0.5) is 26.3 Å². The van der Waals surface area contributed by atoms with Crippen molar-refractivity contribution < 1.29 is 34.8 Å². The smallest absolute Gasteiger partial charge is 0.218 e. The van der Waals surface area contributed by atoms with Crippen molar-refractivity contribution in [1.82, 2.24) is 0 Å². The summed E-state index contributed by atoms with van der Waals surface area (Å²) in [4.78, 5) is -1.30. The van der Waals surface area contributed by atoms with Gasteiger partial charge in [-0.2, -0.15) is 31.6 Å². The van der Waals surface area contributed by atoms with Crippen LogP contribution in [0.15, 0.2) is 58.3 Å². The molecule has 0 fully saturated rings. The number of rotatable bonds is 3. The zero-order valence-electron chi connectivity index (χ0n) is 13.1. The molecule has 0 aliphatic rings. The third kappa shape index (κ3) is 4.68. The summed E-state index contributed by atoms with van der Waals surface area (Å²) in [6, 6.07) is 8.41. The normalized spacial score (nSPS) is 13.3. The fraction of sp³-hybridized carbons (Fsp3) is 0.118. The summed E-state index contributed by atoms with van der Waals surface area (Å²) in [6.07, 6.45) is -9.70. The highest BCUT2D eigenvalue weighted by Crippen LogP contribution is 2.37. The van der Waals surface area contributed by atoms with Crippen LogP contribution >= 0.6 is 0 Å². The Hall–Kier alpha value is -2.80. The maximum atomic E-state index is 12.9. The number of nitriles is 1. The highest BCUT2D eigenvalue weighted by atomic mass is 32.2. The van der Waals surface area contributed by atoms with Gasteiger partial charge < -0.3 is 0 Å². The molecule has 0 heterocycles. The predicted octanol–water partition coefficient (Wildman–Crippen LogP) is 5.06. The Balaban J connectivity index is 2.67. The largest absolute Gasteiger partial charge is 0.416 e. The van der Waals surface area contributed by atoms with Crippen LogP contribution in [0.25, 0.3) is 6.08 Å². The molecule has 0 atom stereocenters. The number of benzene rings is 2. The van der Waals surface area contributed by atoms with Gasteiger partial charge in [-0.05, 0) is 42.0 Å². The molecule has 0 N–H and O–H groups in total. The van der Waals surface area contributed by atoms with Crippen molar-refractivity contribution in [1.29, 1.82) is 5.26 Å². The summed E-state index contributed by atoms with van der Waals surface area (Å²) in [5.41, 5.74) is -3.94. The molecule has 27 heavy (non-hydrogen) atoms. The SMILES string of the molecule is N#C/C(=C\c1cc(C(F)(F)F)cc(C(F)(F)F)c1)S(=O)(=O)c1ccccc1. The van der Waals surface area contributed by atoms with Gasteiger partial charge in [0.25, 0.3) is 0 Å². The maximum Gasteiger partial charge on any atom is 0.416 e. The van der Waals surface area contributed by atoms with Crippen LogP contribution in [0.3, 0.4) is 0 Å². The number of halogens is 6. The number of nitrogens with zero attached hydrogens (tertiary/aromatic N) is 1. The first kappa shape index (κ1) is 20.5. The molecule has 0 radical (unpaired) electrons. The lowest BCUT2D eigenvalue weighted by atomic mass is 10.0. The van der Waals surface area contributed by atoms with Gasteiger partial charge in [0.2, 0.25) is 9.84 Å². The summed E-state index contributed by atoms with van der Waals surface area (Å²) in [5, 5.41) is 9.10. The molecule has 142 valence electrons. The molecule has 10 heteroatoms. The van der Waals surface area contributed by atoms with Crippen LogP contribution < -0.4 is 0 Å². The number of hydrogen-bond acceptors (Lipinski definition) is 3. The number of allylic oxidation sites excluding steroid dienone is 1. The Kier molecular flexibility index (Phi) is 5.37. The summed E-state index contributed by atoms with van der Waals surface area (Å²) in [6.45, 7) is 0. The predicted molar refractivity (Wildman–Crippen MR) is 83.7 cm³/mol. The van der Waals surface area contributed by atoms with Crippen LogP contribution in [-0.2, 0) is 22.2 Å². The molecule has 3 nitrogen and oxygen atoms in total. The van der Waals surface area contributed by atoms with Gasteiger partial charge in [0.1, 0.15) is 11.0 Å². The van der Waals surface area contributed by atoms with Gasteiger partial charge in [-0.1, -0.05) is 18.2 Å². The lowest BCUT2D eigenvalue weighted by molar-refractivity contribution is -0.143. The zero-order valence-corrected chi connectivity index (χ0v) is 14.0. The van der Waals surface area contributed by atoms with Crippen molar-refractivity contribution in [2.75, 3.05) is 0 Å². The molecule has 0 unspecified atom stereocenters. The Morgan fingerprint density at radius 1 is 0.889 bits per heavy atom. The van der Waals surface area contributed by atoms with E-state index in [-0.39, 0.29) is 11.0 Å². The third-order valence-electron chi connectivity index (χ3n) is 3.36. The van der Waals surface area contributed by atoms with E-state index in [0.29, 0.717) is 18.2 Å². The molecule has 2 rings (SSSR count). The van der Waals surface area contributed by atoms with E-state index in [0.717, 1.165) is 12.1 Å². The Morgan fingerprint density at radius 2 is 1.37 bits per heavy atom. The highest BCUT2D eigenvalue weighted by molar-refractivity contribution is 7.95. The second kappa shape index (κ2) is 7.08. The molecular formula is C17H9F6NO2S. The minimum Gasteiger partial charge on any atom is -0.218 e. The summed E-state index contributed by atoms with van der Waals surface area (Å²) in [5.74, 6) is 0. The lowest BCUT2D eigenvalue weighted by Gasteiger charge is -2.13. The molecular weight excluding hydrogens is 396 g/mol. The molecule has 0 bridgehead atoms. The first-order valence-electron chi connectivity index (χ1n) is 7.07. The van der Waals surface area contributed by atoms with E-state index in [1.807, 2.05) is 0 Å². The van der Waals surface area contributed by atoms with Crippen molar-refractivity contribution >= 4 is 15.9 Å². The summed E-state index contributed by atoms with van der Waals surface area (Å²) >= 11 is 0. The van der Waals surface area contributed by atoms with Crippen molar-refractivity contribution in [3.05, 3.63) is 70.1 Å². The van der Waals surface area contributed by atoms with Crippen molar-refractivity contribution in [2.24, 2.45) is 0 Å². The van der Waals surface area contributed by atoms with E-state index < -0.39 is 43.8 Å². The second-order valence-electron chi connectivity index (χ2n) is 5.28. The highest BCUT2D eigenvalue weighted by Gasteiger charge is 2.37. The van der Waals surface area contributed by atoms with Gasteiger partial charge in [-0.15, -0.1) is 0 Å². The molecule has 2 aromatic carbocycles.